The number of β-amino-alcohol motifs (C(OH)–C–C–N with tert-alkyl or cyclic N) is 1. The van der Waals surface area contributed by atoms with Crippen molar-refractivity contribution in [2.45, 2.75) is 44.5 Å². The summed E-state index contributed by atoms with van der Waals surface area (Å²) in [5.41, 5.74) is 0. The summed E-state index contributed by atoms with van der Waals surface area (Å²) in [7, 11) is 0. The summed E-state index contributed by atoms with van der Waals surface area (Å²) >= 11 is 0. The summed E-state index contributed by atoms with van der Waals surface area (Å²) in [6, 6.07) is 0. The Morgan fingerprint density at radius 1 is 1.21 bits per heavy atom. The van der Waals surface area contributed by atoms with Crippen LogP contribution in [0, 0.1) is 5.92 Å². The summed E-state index contributed by atoms with van der Waals surface area (Å²) in [4.78, 5) is 0. The maximum Gasteiger partial charge on any atom is 0.0974 e. The van der Waals surface area contributed by atoms with Crippen molar-refractivity contribution in [3.8, 4) is 0 Å². The Bertz CT molecular complexity index is 162. The van der Waals surface area contributed by atoms with Crippen LogP contribution in [-0.2, 0) is 21.8 Å². The van der Waals surface area contributed by atoms with Gasteiger partial charge in [-0.1, -0.05) is 13.3 Å². The molecule has 4 unspecified atom stereocenters. The summed E-state index contributed by atoms with van der Waals surface area (Å²) < 4.78 is 5.88. The monoisotopic (exact) mass is 241 g/mol. The van der Waals surface area contributed by atoms with E-state index < -0.39 is 0 Å². The molecule has 1 saturated heterocycles. The fourth-order valence-electron chi connectivity index (χ4n) is 2.32. The second-order valence-electron chi connectivity index (χ2n) is 4.35. The van der Waals surface area contributed by atoms with Crippen LogP contribution < -0.4 is 5.32 Å². The van der Waals surface area contributed by atoms with E-state index in [9.17, 15) is 5.11 Å². The van der Waals surface area contributed by atoms with E-state index in [1.807, 2.05) is 0 Å². The van der Waals surface area contributed by atoms with E-state index in [1.165, 1.54) is 19.3 Å². The molecule has 0 bridgehead atoms. The minimum atomic E-state index is -0.298. The number of aliphatic hydroxyl groups is 1. The number of ether oxygens (including phenoxy) is 1. The van der Waals surface area contributed by atoms with Gasteiger partial charge < -0.3 is 15.2 Å². The Kier molecular flexibility index (Phi) is 4.88. The fourth-order valence-corrected chi connectivity index (χ4v) is 2.32. The summed E-state index contributed by atoms with van der Waals surface area (Å²) in [6.07, 6.45) is 3.85. The van der Waals surface area contributed by atoms with Crippen LogP contribution in [0.2, 0.25) is 0 Å². The quantitative estimate of drug-likeness (QED) is 0.692. The van der Waals surface area contributed by atoms with Crippen LogP contribution in [-0.4, -0.2) is 36.5 Å². The molecule has 2 aliphatic rings. The van der Waals surface area contributed by atoms with Crippen LogP contribution >= 0.6 is 0 Å². The molecule has 0 amide bonds. The third-order valence-corrected chi connectivity index (χ3v) is 3.26. The van der Waals surface area contributed by atoms with Crippen molar-refractivity contribution in [3.05, 3.63) is 0 Å². The molecule has 84 valence electrons. The van der Waals surface area contributed by atoms with Crippen LogP contribution in [0.3, 0.4) is 0 Å². The van der Waals surface area contributed by atoms with Gasteiger partial charge in [0.25, 0.3) is 0 Å². The van der Waals surface area contributed by atoms with Crippen molar-refractivity contribution in [1.29, 1.82) is 0 Å². The van der Waals surface area contributed by atoms with Crippen LogP contribution in [0.4, 0.5) is 0 Å². The van der Waals surface area contributed by atoms with E-state index >= 15 is 0 Å². The van der Waals surface area contributed by atoms with E-state index in [-0.39, 0.29) is 29.3 Å². The van der Waals surface area contributed by atoms with Gasteiger partial charge in [-0.25, -0.2) is 0 Å². The van der Waals surface area contributed by atoms with Gasteiger partial charge in [-0.05, 0) is 18.8 Å². The normalized spacial score (nSPS) is 42.4. The maximum absolute atomic E-state index is 9.55. The molecule has 0 aromatic heterocycles. The fraction of sp³-hybridized carbons (Fsp3) is 1.00. The first-order valence-electron chi connectivity index (χ1n) is 5.31. The van der Waals surface area contributed by atoms with Gasteiger partial charge in [0.2, 0.25) is 0 Å². The molecular weight excluding hydrogens is 222 g/mol. The van der Waals surface area contributed by atoms with E-state index in [2.05, 4.69) is 12.2 Å². The first-order valence-corrected chi connectivity index (χ1v) is 5.31. The number of rotatable bonds is 2. The third kappa shape index (κ3) is 2.71. The Labute approximate surface area is 96.1 Å². The predicted molar refractivity (Wildman–Crippen MR) is 50.6 cm³/mol. The zero-order valence-corrected chi connectivity index (χ0v) is 9.66. The molecule has 2 N–H and O–H groups in total. The molecule has 1 saturated carbocycles. The topological polar surface area (TPSA) is 41.5 Å². The molecule has 1 aliphatic heterocycles. The minimum absolute atomic E-state index is 0. The van der Waals surface area contributed by atoms with E-state index in [4.69, 9.17) is 4.74 Å². The van der Waals surface area contributed by atoms with Crippen LogP contribution in [0.25, 0.3) is 0 Å². The summed E-state index contributed by atoms with van der Waals surface area (Å²) in [6.45, 7) is 3.74. The van der Waals surface area contributed by atoms with Crippen molar-refractivity contribution in [2.24, 2.45) is 5.92 Å². The minimum Gasteiger partial charge on any atom is -0.389 e. The van der Waals surface area contributed by atoms with Gasteiger partial charge in [0.15, 0.2) is 0 Å². The summed E-state index contributed by atoms with van der Waals surface area (Å²) in [5, 5.41) is 12.7. The molecule has 4 heteroatoms. The van der Waals surface area contributed by atoms with Crippen molar-refractivity contribution < 1.29 is 26.9 Å². The Morgan fingerprint density at radius 3 is 2.50 bits per heavy atom. The molecule has 14 heavy (non-hydrogen) atoms. The van der Waals surface area contributed by atoms with Gasteiger partial charge in [-0.3, -0.25) is 0 Å². The molecule has 0 aromatic carbocycles. The number of nitrogens with one attached hydrogen (secondary N) is 1. The zero-order valence-electron chi connectivity index (χ0n) is 8.55. The molecule has 0 aromatic rings. The molecule has 0 radical (unpaired) electrons. The van der Waals surface area contributed by atoms with Crippen molar-refractivity contribution >= 4 is 0 Å². The average molecular weight is 241 g/mol. The summed E-state index contributed by atoms with van der Waals surface area (Å²) in [5.74, 6) is 0.674. The van der Waals surface area contributed by atoms with Crippen LogP contribution in [0.1, 0.15) is 26.2 Å². The van der Waals surface area contributed by atoms with Crippen molar-refractivity contribution in [3.63, 3.8) is 0 Å². The van der Waals surface area contributed by atoms with E-state index in [1.54, 1.807) is 0 Å². The first-order chi connectivity index (χ1) is 6.27. The Morgan fingerprint density at radius 2 is 2.00 bits per heavy atom. The van der Waals surface area contributed by atoms with Crippen molar-refractivity contribution in [2.75, 3.05) is 13.1 Å². The Balaban J connectivity index is 0.000000980. The molecule has 1 heterocycles. The van der Waals surface area contributed by atoms with Gasteiger partial charge in [-0.2, -0.15) is 0 Å². The third-order valence-electron chi connectivity index (χ3n) is 3.26. The maximum atomic E-state index is 9.55. The SMILES string of the molecule is CC1CCCC1OC1CNCC1O.[Fe]. The second kappa shape index (κ2) is 5.47. The molecular formula is C10H19FeNO2. The molecule has 0 spiro atoms. The smallest absolute Gasteiger partial charge is 0.0974 e. The number of aliphatic hydroxyl groups excluding tert-OH is 1. The van der Waals surface area contributed by atoms with Gasteiger partial charge in [0.05, 0.1) is 18.3 Å². The Hall–Kier alpha value is 0.399. The van der Waals surface area contributed by atoms with E-state index in [0.717, 1.165) is 6.54 Å². The second-order valence-corrected chi connectivity index (χ2v) is 4.35. The molecule has 3 nitrogen and oxygen atoms in total. The zero-order chi connectivity index (χ0) is 9.26. The molecule has 1 aliphatic carbocycles. The van der Waals surface area contributed by atoms with Crippen molar-refractivity contribution in [1.82, 2.24) is 5.32 Å². The molecule has 2 rings (SSSR count). The van der Waals surface area contributed by atoms with Gasteiger partial charge in [0, 0.05) is 30.2 Å². The standard InChI is InChI=1S/C10H19NO2.Fe/c1-7-3-2-4-9(7)13-10-6-11-5-8(10)12;/h7-12H,2-6H2,1H3;. The van der Waals surface area contributed by atoms with Crippen LogP contribution in [0.5, 0.6) is 0 Å². The van der Waals surface area contributed by atoms with Gasteiger partial charge in [-0.15, -0.1) is 0 Å². The average Bonchev–Trinajstić information content (AvgIpc) is 2.65. The van der Waals surface area contributed by atoms with Gasteiger partial charge in [0.1, 0.15) is 0 Å². The first kappa shape index (κ1) is 12.5. The van der Waals surface area contributed by atoms with Crippen LogP contribution in [0.15, 0.2) is 0 Å². The van der Waals surface area contributed by atoms with Gasteiger partial charge >= 0.3 is 0 Å². The number of hydrogen-bond acceptors (Lipinski definition) is 3. The molecule has 2 fully saturated rings. The van der Waals surface area contributed by atoms with E-state index in [0.29, 0.717) is 18.6 Å². The largest absolute Gasteiger partial charge is 0.389 e. The number of hydrogen-bond donors (Lipinski definition) is 2. The predicted octanol–water partition coefficient (Wildman–Crippen LogP) is 0.522. The molecule has 4 atom stereocenters.